The Morgan fingerprint density at radius 1 is 1.31 bits per heavy atom. The van der Waals surface area contributed by atoms with E-state index in [0.29, 0.717) is 16.2 Å². The minimum absolute atomic E-state index is 0.0448. The maximum atomic E-state index is 14.1. The quantitative estimate of drug-likeness (QED) is 0.562. The Kier molecular flexibility index (Phi) is 4.03. The molecule has 0 unspecified atom stereocenters. The molecule has 0 radical (unpaired) electrons. The van der Waals surface area contributed by atoms with Gasteiger partial charge in [-0.3, -0.25) is 9.36 Å². The van der Waals surface area contributed by atoms with Crippen LogP contribution < -0.4 is 0 Å². The van der Waals surface area contributed by atoms with Gasteiger partial charge in [-0.05, 0) is 30.8 Å². The smallest absolute Gasteiger partial charge is 0.237 e. The van der Waals surface area contributed by atoms with Crippen LogP contribution in [-0.2, 0) is 19.4 Å². The fraction of sp³-hybridized carbons (Fsp3) is 0.235. The van der Waals surface area contributed by atoms with Gasteiger partial charge in [0.25, 0.3) is 0 Å². The summed E-state index contributed by atoms with van der Waals surface area (Å²) < 4.78 is 45.2. The van der Waals surface area contributed by atoms with Gasteiger partial charge in [-0.1, -0.05) is 0 Å². The van der Waals surface area contributed by atoms with Crippen LogP contribution in [0.4, 0.5) is 13.2 Å². The third kappa shape index (κ3) is 2.68. The van der Waals surface area contributed by atoms with E-state index in [1.165, 1.54) is 23.3 Å². The number of nitrogens with zero attached hydrogens (tertiary/aromatic N) is 3. The van der Waals surface area contributed by atoms with Gasteiger partial charge in [0, 0.05) is 41.8 Å². The second kappa shape index (κ2) is 6.24. The summed E-state index contributed by atoms with van der Waals surface area (Å²) >= 11 is 5.26. The molecule has 0 saturated carbocycles. The predicted octanol–water partition coefficient (Wildman–Crippen LogP) is 3.38. The summed E-state index contributed by atoms with van der Waals surface area (Å²) in [5, 5.41) is 0. The van der Waals surface area contributed by atoms with Crippen LogP contribution in [0.15, 0.2) is 30.9 Å². The number of hydrogen-bond donors (Lipinski definition) is 1. The van der Waals surface area contributed by atoms with Crippen LogP contribution in [0.5, 0.6) is 0 Å². The van der Waals surface area contributed by atoms with Crippen LogP contribution >= 0.6 is 12.2 Å². The fourth-order valence-electron chi connectivity index (χ4n) is 3.40. The molecule has 5 nitrogen and oxygen atoms in total. The molecule has 1 aromatic carbocycles. The molecule has 9 heteroatoms. The first-order valence-electron chi connectivity index (χ1n) is 7.90. The molecule has 3 heterocycles. The monoisotopic (exact) mass is 378 g/mol. The zero-order valence-corrected chi connectivity index (χ0v) is 14.2. The molecule has 1 atom stereocenters. The van der Waals surface area contributed by atoms with Gasteiger partial charge in [0.1, 0.15) is 12.1 Å². The number of halogens is 3. The molecule has 0 aliphatic carbocycles. The number of aromatic nitrogens is 4. The summed E-state index contributed by atoms with van der Waals surface area (Å²) in [5.41, 5.74) is 1.01. The Hall–Kier alpha value is -2.68. The Labute approximate surface area is 151 Å². The number of rotatable bonds is 3. The topological polar surface area (TPSA) is 55.6 Å². The van der Waals surface area contributed by atoms with Crippen LogP contribution in [-0.4, -0.2) is 25.0 Å². The van der Waals surface area contributed by atoms with E-state index in [0.717, 1.165) is 12.1 Å². The number of carbonyl (C=O) groups is 1. The Morgan fingerprint density at radius 3 is 2.81 bits per heavy atom. The highest BCUT2D eigenvalue weighted by Crippen LogP contribution is 2.35. The van der Waals surface area contributed by atoms with Crippen molar-refractivity contribution in [2.45, 2.75) is 25.3 Å². The zero-order valence-electron chi connectivity index (χ0n) is 13.4. The van der Waals surface area contributed by atoms with E-state index in [4.69, 9.17) is 12.2 Å². The third-order valence-electron chi connectivity index (χ3n) is 4.63. The Morgan fingerprint density at radius 2 is 2.08 bits per heavy atom. The summed E-state index contributed by atoms with van der Waals surface area (Å²) in [7, 11) is 0. The molecule has 0 spiro atoms. The largest absolute Gasteiger partial charge is 0.334 e. The van der Waals surface area contributed by atoms with Gasteiger partial charge >= 0.3 is 0 Å². The van der Waals surface area contributed by atoms with E-state index in [9.17, 15) is 18.0 Å². The van der Waals surface area contributed by atoms with Crippen molar-refractivity contribution in [3.8, 4) is 0 Å². The fourth-order valence-corrected chi connectivity index (χ4v) is 3.71. The average Bonchev–Trinajstić information content (AvgIpc) is 3.31. The number of fused-ring (bicyclic) bond motifs is 1. The third-order valence-corrected chi connectivity index (χ3v) is 4.95. The van der Waals surface area contributed by atoms with Crippen LogP contribution in [0.3, 0.4) is 0 Å². The highest BCUT2D eigenvalue weighted by atomic mass is 32.1. The Balaban J connectivity index is 1.65. The van der Waals surface area contributed by atoms with Crippen molar-refractivity contribution in [2.24, 2.45) is 0 Å². The lowest BCUT2D eigenvalue weighted by molar-refractivity contribution is 0.0912. The molecule has 1 aliphatic rings. The highest BCUT2D eigenvalue weighted by Gasteiger charge is 2.32. The number of aromatic amines is 1. The minimum Gasteiger partial charge on any atom is -0.334 e. The summed E-state index contributed by atoms with van der Waals surface area (Å²) in [6.45, 7) is 0.223. The lowest BCUT2D eigenvalue weighted by Crippen LogP contribution is -2.13. The summed E-state index contributed by atoms with van der Waals surface area (Å²) in [6, 6.07) is 1.69. The van der Waals surface area contributed by atoms with Gasteiger partial charge in [0.15, 0.2) is 16.4 Å². The standard InChI is InChI=1S/C17H13F3N4OS/c18-10-1-2-11(19)16(20)15(10)9-5-13-12(22-17(26)24(13)7-9)6-14(25)23-4-3-21-8-23/h1-4,8-9H,5-7H2,(H,22,26)/t9-/m1/s1. The maximum Gasteiger partial charge on any atom is 0.237 e. The van der Waals surface area contributed by atoms with E-state index in [1.807, 2.05) is 0 Å². The van der Waals surface area contributed by atoms with Crippen molar-refractivity contribution < 1.29 is 18.0 Å². The van der Waals surface area contributed by atoms with Crippen LogP contribution in [0.25, 0.3) is 0 Å². The van der Waals surface area contributed by atoms with Gasteiger partial charge in [0.2, 0.25) is 5.91 Å². The van der Waals surface area contributed by atoms with Crippen molar-refractivity contribution in [3.05, 3.63) is 70.0 Å². The van der Waals surface area contributed by atoms with E-state index in [-0.39, 0.29) is 30.9 Å². The van der Waals surface area contributed by atoms with E-state index in [1.54, 1.807) is 4.57 Å². The number of nitrogens with one attached hydrogen (secondary N) is 1. The number of H-pyrrole nitrogens is 1. The van der Waals surface area contributed by atoms with Crippen LogP contribution in [0.1, 0.15) is 27.7 Å². The van der Waals surface area contributed by atoms with Crippen molar-refractivity contribution >= 4 is 18.1 Å². The summed E-state index contributed by atoms with van der Waals surface area (Å²) in [5.74, 6) is -3.84. The molecule has 0 fully saturated rings. The number of imidazole rings is 2. The van der Waals surface area contributed by atoms with Crippen molar-refractivity contribution in [2.75, 3.05) is 0 Å². The summed E-state index contributed by atoms with van der Waals surface area (Å²) in [6.07, 6.45) is 4.73. The number of carbonyl (C=O) groups excluding carboxylic acids is 1. The molecule has 0 saturated heterocycles. The molecule has 2 aromatic heterocycles. The lowest BCUT2D eigenvalue weighted by Gasteiger charge is -2.12. The van der Waals surface area contributed by atoms with E-state index in [2.05, 4.69) is 9.97 Å². The second-order valence-corrected chi connectivity index (χ2v) is 6.55. The van der Waals surface area contributed by atoms with Gasteiger partial charge in [-0.2, -0.15) is 0 Å². The molecule has 0 bridgehead atoms. The lowest BCUT2D eigenvalue weighted by atomic mass is 9.95. The van der Waals surface area contributed by atoms with Crippen LogP contribution in [0.2, 0.25) is 0 Å². The minimum atomic E-state index is -1.17. The maximum absolute atomic E-state index is 14.1. The van der Waals surface area contributed by atoms with Gasteiger partial charge in [-0.15, -0.1) is 0 Å². The number of benzene rings is 1. The first kappa shape index (κ1) is 16.8. The predicted molar refractivity (Wildman–Crippen MR) is 88.9 cm³/mol. The van der Waals surface area contributed by atoms with Crippen LogP contribution in [0, 0.1) is 22.2 Å². The molecule has 134 valence electrons. The van der Waals surface area contributed by atoms with Crippen molar-refractivity contribution in [1.82, 2.24) is 19.1 Å². The average molecular weight is 378 g/mol. The first-order valence-corrected chi connectivity index (χ1v) is 8.31. The molecule has 4 rings (SSSR count). The number of hydrogen-bond acceptors (Lipinski definition) is 3. The summed E-state index contributed by atoms with van der Waals surface area (Å²) in [4.78, 5) is 19.1. The van der Waals surface area contributed by atoms with Gasteiger partial charge in [-0.25, -0.2) is 18.2 Å². The second-order valence-electron chi connectivity index (χ2n) is 6.16. The molecular weight excluding hydrogens is 365 g/mol. The highest BCUT2D eigenvalue weighted by molar-refractivity contribution is 7.71. The normalized spacial score (nSPS) is 16.0. The van der Waals surface area contributed by atoms with Crippen molar-refractivity contribution in [3.63, 3.8) is 0 Å². The van der Waals surface area contributed by atoms with Gasteiger partial charge in [0.05, 0.1) is 6.42 Å². The first-order chi connectivity index (χ1) is 12.5. The molecule has 26 heavy (non-hydrogen) atoms. The SMILES string of the molecule is O=C(Cc1[nH]c(=S)n2c1C[C@@H](c1c(F)ccc(F)c1F)C2)n1ccnc1. The molecular formula is C17H13F3N4OS. The Bertz CT molecular complexity index is 1050. The molecule has 1 N–H and O–H groups in total. The molecule has 3 aromatic rings. The van der Waals surface area contributed by atoms with Gasteiger partial charge < -0.3 is 9.55 Å². The van der Waals surface area contributed by atoms with E-state index >= 15 is 0 Å². The molecule has 0 amide bonds. The zero-order chi connectivity index (χ0) is 18.4. The molecule has 1 aliphatic heterocycles. The van der Waals surface area contributed by atoms with Crippen molar-refractivity contribution in [1.29, 1.82) is 0 Å². The van der Waals surface area contributed by atoms with E-state index < -0.39 is 23.4 Å².